The fraction of sp³-hybridized carbons (Fsp3) is 0.0357. The highest BCUT2D eigenvalue weighted by Gasteiger charge is 2.27. The summed E-state index contributed by atoms with van der Waals surface area (Å²) in [6, 6.07) is 30.8. The average Bonchev–Trinajstić information content (AvgIpc) is 3.46. The highest BCUT2D eigenvalue weighted by molar-refractivity contribution is 7.84. The van der Waals surface area contributed by atoms with E-state index in [4.69, 9.17) is 29.4 Å². The molecule has 2 aromatic heterocycles. The minimum atomic E-state index is 0.804. The number of fused-ring (bicyclic) bond motifs is 2. The molecule has 0 fully saturated rings. The van der Waals surface area contributed by atoms with Crippen molar-refractivity contribution in [1.29, 1.82) is 0 Å². The highest BCUT2D eigenvalue weighted by Crippen LogP contribution is 2.33. The Labute approximate surface area is 202 Å². The molecule has 0 amide bonds. The van der Waals surface area contributed by atoms with Crippen LogP contribution < -0.4 is 0 Å². The number of aryl methyl sites for hydroxylation is 1. The minimum absolute atomic E-state index is 0.804. The van der Waals surface area contributed by atoms with E-state index in [1.165, 1.54) is 0 Å². The van der Waals surface area contributed by atoms with Crippen LogP contribution in [0.1, 0.15) is 16.8 Å². The van der Waals surface area contributed by atoms with Gasteiger partial charge in [-0.05, 0) is 24.3 Å². The lowest BCUT2D eigenvalue weighted by molar-refractivity contribution is 0.957. The van der Waals surface area contributed by atoms with Gasteiger partial charge in [0, 0.05) is 35.0 Å². The van der Waals surface area contributed by atoms with Crippen molar-refractivity contribution >= 4 is 51.4 Å². The lowest BCUT2D eigenvalue weighted by Gasteiger charge is -2.08. The molecule has 1 aliphatic rings. The van der Waals surface area contributed by atoms with Crippen LogP contribution in [-0.4, -0.2) is 23.8 Å². The van der Waals surface area contributed by atoms with Crippen LogP contribution in [0.5, 0.6) is 0 Å². The molecule has 0 aliphatic heterocycles. The van der Waals surface area contributed by atoms with E-state index in [0.29, 0.717) is 0 Å². The number of thiocarbonyl (C=S) groups is 2. The molecule has 0 radical (unpaired) electrons. The maximum atomic E-state index is 5.82. The van der Waals surface area contributed by atoms with Gasteiger partial charge in [-0.3, -0.25) is 4.57 Å². The van der Waals surface area contributed by atoms with Crippen LogP contribution in [0, 0.1) is 0 Å². The third-order valence-electron chi connectivity index (χ3n) is 6.12. The van der Waals surface area contributed by atoms with Crippen molar-refractivity contribution in [3.05, 3.63) is 113 Å². The summed E-state index contributed by atoms with van der Waals surface area (Å²) in [4.78, 5) is 6.67. The number of hydrogen-bond acceptors (Lipinski definition) is 3. The summed E-state index contributed by atoms with van der Waals surface area (Å²) in [5.41, 5.74) is 8.09. The molecular formula is C28H19N3S2. The number of benzene rings is 3. The molecule has 0 saturated heterocycles. The predicted molar refractivity (Wildman–Crippen MR) is 143 cm³/mol. The second-order valence-corrected chi connectivity index (χ2v) is 8.89. The van der Waals surface area contributed by atoms with Gasteiger partial charge in [0.15, 0.2) is 5.65 Å². The second-order valence-electron chi connectivity index (χ2n) is 8.07. The summed E-state index contributed by atoms with van der Waals surface area (Å²) in [6.45, 7) is 0. The Kier molecular flexibility index (Phi) is 4.68. The van der Waals surface area contributed by atoms with Crippen LogP contribution in [0.3, 0.4) is 0 Å². The van der Waals surface area contributed by atoms with E-state index >= 15 is 0 Å². The van der Waals surface area contributed by atoms with Gasteiger partial charge >= 0.3 is 0 Å². The Bertz CT molecular complexity index is 1550. The van der Waals surface area contributed by atoms with Crippen LogP contribution in [0.15, 0.2) is 96.6 Å². The third kappa shape index (κ3) is 3.12. The zero-order valence-corrected chi connectivity index (χ0v) is 19.5. The van der Waals surface area contributed by atoms with Crippen LogP contribution >= 0.6 is 24.4 Å². The molecule has 0 unspecified atom stereocenters. The molecule has 3 nitrogen and oxygen atoms in total. The number of hydrogen-bond donors (Lipinski definition) is 0. The quantitative estimate of drug-likeness (QED) is 0.224. The lowest BCUT2D eigenvalue weighted by atomic mass is 10.1. The highest BCUT2D eigenvalue weighted by atomic mass is 32.1. The summed E-state index contributed by atoms with van der Waals surface area (Å²) in [6.07, 6.45) is 2.11. The standard InChI is InChI=1S/C28H19N3S2/c1-30-24-17-20(16-23-25(32)21-14-8-9-15-22(21)26(23)33)31(19-12-6-3-7-13-19)28(24)29-27(30)18-10-4-2-5-11-18/h2-17H,1H3. The monoisotopic (exact) mass is 461 g/mol. The van der Waals surface area contributed by atoms with E-state index in [2.05, 4.69) is 52.6 Å². The molecule has 158 valence electrons. The Morgan fingerprint density at radius 2 is 1.33 bits per heavy atom. The zero-order valence-electron chi connectivity index (χ0n) is 17.9. The molecule has 33 heavy (non-hydrogen) atoms. The van der Waals surface area contributed by atoms with Gasteiger partial charge in [-0.1, -0.05) is 97.2 Å². The summed E-state index contributed by atoms with van der Waals surface area (Å²) in [7, 11) is 2.06. The molecule has 0 saturated carbocycles. The van der Waals surface area contributed by atoms with Crippen LogP contribution in [-0.2, 0) is 7.05 Å². The Balaban J connectivity index is 1.58. The second kappa shape index (κ2) is 7.73. The number of para-hydroxylation sites is 1. The minimum Gasteiger partial charge on any atom is -0.326 e. The van der Waals surface area contributed by atoms with Crippen molar-refractivity contribution in [2.75, 3.05) is 0 Å². The van der Waals surface area contributed by atoms with Gasteiger partial charge in [0.1, 0.15) is 5.82 Å². The van der Waals surface area contributed by atoms with Gasteiger partial charge in [-0.25, -0.2) is 4.98 Å². The van der Waals surface area contributed by atoms with Gasteiger partial charge in [0.2, 0.25) is 0 Å². The van der Waals surface area contributed by atoms with Crippen molar-refractivity contribution in [3.63, 3.8) is 0 Å². The summed E-state index contributed by atoms with van der Waals surface area (Å²) in [5, 5.41) is 0. The first-order valence-electron chi connectivity index (χ1n) is 10.7. The number of allylic oxidation sites excluding steroid dienone is 1. The van der Waals surface area contributed by atoms with Gasteiger partial charge < -0.3 is 4.57 Å². The summed E-state index contributed by atoms with van der Waals surface area (Å²) < 4.78 is 4.33. The first kappa shape index (κ1) is 20.0. The van der Waals surface area contributed by atoms with E-state index < -0.39 is 0 Å². The predicted octanol–water partition coefficient (Wildman–Crippen LogP) is 6.56. The Morgan fingerprint density at radius 3 is 1.97 bits per heavy atom. The summed E-state index contributed by atoms with van der Waals surface area (Å²) in [5.74, 6) is 0.934. The first-order valence-corrected chi connectivity index (χ1v) is 11.5. The van der Waals surface area contributed by atoms with Crippen molar-refractivity contribution in [3.8, 4) is 17.1 Å². The fourth-order valence-electron chi connectivity index (χ4n) is 4.50. The molecule has 5 aromatic rings. The van der Waals surface area contributed by atoms with Crippen LogP contribution in [0.25, 0.3) is 34.3 Å². The normalized spacial score (nSPS) is 13.1. The first-order chi connectivity index (χ1) is 16.1. The van der Waals surface area contributed by atoms with Gasteiger partial charge in [0.25, 0.3) is 0 Å². The molecule has 6 rings (SSSR count). The van der Waals surface area contributed by atoms with E-state index in [1.807, 2.05) is 60.7 Å². The van der Waals surface area contributed by atoms with Crippen molar-refractivity contribution in [2.45, 2.75) is 0 Å². The van der Waals surface area contributed by atoms with Crippen LogP contribution in [0.2, 0.25) is 0 Å². The molecule has 0 atom stereocenters. The molecule has 3 aromatic carbocycles. The van der Waals surface area contributed by atoms with Crippen molar-refractivity contribution < 1.29 is 0 Å². The molecule has 2 heterocycles. The van der Waals surface area contributed by atoms with E-state index in [-0.39, 0.29) is 0 Å². The third-order valence-corrected chi connectivity index (χ3v) is 7.00. The average molecular weight is 462 g/mol. The number of rotatable bonds is 3. The fourth-order valence-corrected chi connectivity index (χ4v) is 5.24. The number of nitrogens with zero attached hydrogens (tertiary/aromatic N) is 3. The van der Waals surface area contributed by atoms with Gasteiger partial charge in [0.05, 0.1) is 20.9 Å². The smallest absolute Gasteiger partial charge is 0.164 e. The zero-order chi connectivity index (χ0) is 22.5. The Hall–Kier alpha value is -3.67. The topological polar surface area (TPSA) is 22.8 Å². The van der Waals surface area contributed by atoms with E-state index in [0.717, 1.165) is 60.4 Å². The van der Waals surface area contributed by atoms with Gasteiger partial charge in [-0.2, -0.15) is 0 Å². The largest absolute Gasteiger partial charge is 0.326 e. The van der Waals surface area contributed by atoms with Gasteiger partial charge in [-0.15, -0.1) is 0 Å². The molecule has 1 aliphatic carbocycles. The number of imidazole rings is 1. The van der Waals surface area contributed by atoms with E-state index in [9.17, 15) is 0 Å². The maximum Gasteiger partial charge on any atom is 0.164 e. The maximum absolute atomic E-state index is 5.82. The lowest BCUT2D eigenvalue weighted by Crippen LogP contribution is -2.02. The SMILES string of the molecule is Cn1c(-c2ccccc2)nc2c1cc(C=C1C(=S)c3ccccc3C1=S)n2-c1ccccc1. The summed E-state index contributed by atoms with van der Waals surface area (Å²) >= 11 is 11.6. The molecule has 0 spiro atoms. The molecular weight excluding hydrogens is 442 g/mol. The van der Waals surface area contributed by atoms with Crippen molar-refractivity contribution in [2.24, 2.45) is 7.05 Å². The number of aromatic nitrogens is 3. The van der Waals surface area contributed by atoms with Crippen LogP contribution in [0.4, 0.5) is 0 Å². The molecule has 0 bridgehead atoms. The Morgan fingerprint density at radius 1 is 0.758 bits per heavy atom. The molecule has 5 heteroatoms. The van der Waals surface area contributed by atoms with Crippen molar-refractivity contribution in [1.82, 2.24) is 14.1 Å². The van der Waals surface area contributed by atoms with E-state index in [1.54, 1.807) is 0 Å². The molecule has 0 N–H and O–H groups in total.